The van der Waals surface area contributed by atoms with Gasteiger partial charge in [-0.25, -0.2) is 8.42 Å². The number of sulfone groups is 1. The van der Waals surface area contributed by atoms with Crippen LogP contribution in [0.25, 0.3) is 10.9 Å². The fraction of sp³-hybridized carbons (Fsp3) is 0.133. The Morgan fingerprint density at radius 1 is 1.17 bits per heavy atom. The smallest absolute Gasteiger partial charge is 0.275 e. The molecule has 23 heavy (non-hydrogen) atoms. The quantitative estimate of drug-likeness (QED) is 0.584. The number of rotatable bonds is 4. The van der Waals surface area contributed by atoms with Gasteiger partial charge >= 0.3 is 0 Å². The lowest BCUT2D eigenvalue weighted by molar-refractivity contribution is -0.385. The molecule has 118 valence electrons. The standard InChI is InChI=1S/C15H13N3O4S/c1-10-2-5-12(6-3-10)23(21,22)9-13-14(18(19)20)7-4-11-8-16-17-15(11)13/h2-8H,9H2,1H3,(H,16,17). The van der Waals surface area contributed by atoms with E-state index in [0.717, 1.165) is 5.56 Å². The van der Waals surface area contributed by atoms with Crippen molar-refractivity contribution < 1.29 is 13.3 Å². The monoisotopic (exact) mass is 331 g/mol. The number of nitro benzene ring substituents is 1. The first-order valence-corrected chi connectivity index (χ1v) is 8.42. The van der Waals surface area contributed by atoms with E-state index in [4.69, 9.17) is 0 Å². The summed E-state index contributed by atoms with van der Waals surface area (Å²) in [5.41, 5.74) is 1.18. The van der Waals surface area contributed by atoms with E-state index >= 15 is 0 Å². The number of hydrogen-bond acceptors (Lipinski definition) is 5. The molecule has 3 aromatic rings. The minimum atomic E-state index is -3.71. The number of aryl methyl sites for hydroxylation is 1. The number of aromatic amines is 1. The summed E-state index contributed by atoms with van der Waals surface area (Å²) in [4.78, 5) is 10.8. The van der Waals surface area contributed by atoms with E-state index in [-0.39, 0.29) is 16.1 Å². The minimum absolute atomic E-state index is 0.116. The van der Waals surface area contributed by atoms with Crippen LogP contribution in [0.1, 0.15) is 11.1 Å². The second-order valence-electron chi connectivity index (χ2n) is 5.23. The van der Waals surface area contributed by atoms with Crippen molar-refractivity contribution in [3.8, 4) is 0 Å². The zero-order valence-electron chi connectivity index (χ0n) is 12.2. The van der Waals surface area contributed by atoms with Crippen LogP contribution in [-0.2, 0) is 15.6 Å². The third-order valence-electron chi connectivity index (χ3n) is 3.61. The summed E-state index contributed by atoms with van der Waals surface area (Å²) in [6.07, 6.45) is 1.50. The van der Waals surface area contributed by atoms with Crippen molar-refractivity contribution in [3.63, 3.8) is 0 Å². The highest BCUT2D eigenvalue weighted by Gasteiger charge is 2.25. The summed E-state index contributed by atoms with van der Waals surface area (Å²) in [6, 6.07) is 9.24. The molecule has 0 aliphatic heterocycles. The highest BCUT2D eigenvalue weighted by molar-refractivity contribution is 7.90. The zero-order valence-corrected chi connectivity index (χ0v) is 13.0. The molecule has 0 aliphatic carbocycles. The largest absolute Gasteiger partial charge is 0.277 e. The van der Waals surface area contributed by atoms with Gasteiger partial charge < -0.3 is 0 Å². The second kappa shape index (κ2) is 5.47. The predicted octanol–water partition coefficient (Wildman–Crippen LogP) is 2.75. The Morgan fingerprint density at radius 3 is 2.52 bits per heavy atom. The van der Waals surface area contributed by atoms with E-state index in [2.05, 4.69) is 10.2 Å². The van der Waals surface area contributed by atoms with Gasteiger partial charge in [0.1, 0.15) is 0 Å². The molecule has 0 spiro atoms. The molecule has 0 aliphatic rings. The van der Waals surface area contributed by atoms with Gasteiger partial charge in [0.25, 0.3) is 5.69 Å². The van der Waals surface area contributed by atoms with Crippen molar-refractivity contribution >= 4 is 26.4 Å². The number of fused-ring (bicyclic) bond motifs is 1. The van der Waals surface area contributed by atoms with Crippen LogP contribution < -0.4 is 0 Å². The zero-order chi connectivity index (χ0) is 16.6. The van der Waals surface area contributed by atoms with Gasteiger partial charge in [-0.3, -0.25) is 15.2 Å². The van der Waals surface area contributed by atoms with Gasteiger partial charge in [-0.1, -0.05) is 17.7 Å². The average Bonchev–Trinajstić information content (AvgIpc) is 2.96. The van der Waals surface area contributed by atoms with Gasteiger partial charge in [0.2, 0.25) is 0 Å². The number of benzene rings is 2. The van der Waals surface area contributed by atoms with Gasteiger partial charge in [-0.15, -0.1) is 0 Å². The molecule has 1 heterocycles. The molecule has 7 nitrogen and oxygen atoms in total. The molecule has 0 radical (unpaired) electrons. The SMILES string of the molecule is Cc1ccc(S(=O)(=O)Cc2c([N+](=O)[O-])ccc3cn[nH]c23)cc1. The molecule has 0 bridgehead atoms. The minimum Gasteiger partial charge on any atom is -0.277 e. The molecule has 0 fully saturated rings. The lowest BCUT2D eigenvalue weighted by Gasteiger charge is -2.07. The molecule has 0 saturated carbocycles. The third kappa shape index (κ3) is 2.80. The maximum Gasteiger partial charge on any atom is 0.275 e. The van der Waals surface area contributed by atoms with Crippen LogP contribution in [0.2, 0.25) is 0 Å². The van der Waals surface area contributed by atoms with E-state index in [1.807, 2.05) is 6.92 Å². The van der Waals surface area contributed by atoms with Crippen molar-refractivity contribution in [2.24, 2.45) is 0 Å². The van der Waals surface area contributed by atoms with Crippen LogP contribution >= 0.6 is 0 Å². The van der Waals surface area contributed by atoms with Crippen molar-refractivity contribution in [2.75, 3.05) is 0 Å². The lowest BCUT2D eigenvalue weighted by Crippen LogP contribution is -2.08. The number of nitrogens with one attached hydrogen (secondary N) is 1. The van der Waals surface area contributed by atoms with Crippen LogP contribution in [0.5, 0.6) is 0 Å². The van der Waals surface area contributed by atoms with Crippen molar-refractivity contribution in [3.05, 3.63) is 63.8 Å². The molecular weight excluding hydrogens is 318 g/mol. The number of H-pyrrole nitrogens is 1. The molecule has 1 N–H and O–H groups in total. The second-order valence-corrected chi connectivity index (χ2v) is 7.22. The predicted molar refractivity (Wildman–Crippen MR) is 84.8 cm³/mol. The van der Waals surface area contributed by atoms with E-state index in [1.165, 1.54) is 24.4 Å². The summed E-state index contributed by atoms with van der Waals surface area (Å²) in [7, 11) is -3.71. The van der Waals surface area contributed by atoms with Crippen LogP contribution in [0.4, 0.5) is 5.69 Å². The summed E-state index contributed by atoms with van der Waals surface area (Å²) in [6.45, 7) is 1.85. The number of aromatic nitrogens is 2. The summed E-state index contributed by atoms with van der Waals surface area (Å²) >= 11 is 0. The van der Waals surface area contributed by atoms with Crippen LogP contribution in [0.15, 0.2) is 47.5 Å². The molecule has 3 rings (SSSR count). The van der Waals surface area contributed by atoms with Crippen LogP contribution in [0.3, 0.4) is 0 Å². The Hall–Kier alpha value is -2.74. The molecule has 0 unspecified atom stereocenters. The molecule has 0 amide bonds. The van der Waals surface area contributed by atoms with E-state index in [9.17, 15) is 18.5 Å². The van der Waals surface area contributed by atoms with Crippen molar-refractivity contribution in [2.45, 2.75) is 17.6 Å². The Balaban J connectivity index is 2.13. The van der Waals surface area contributed by atoms with E-state index < -0.39 is 20.5 Å². The number of hydrogen-bond donors (Lipinski definition) is 1. The molecule has 8 heteroatoms. The Morgan fingerprint density at radius 2 is 1.87 bits per heavy atom. The van der Waals surface area contributed by atoms with Gasteiger partial charge in [-0.2, -0.15) is 5.10 Å². The first kappa shape index (κ1) is 15.2. The van der Waals surface area contributed by atoms with Crippen molar-refractivity contribution in [1.29, 1.82) is 0 Å². The Bertz CT molecular complexity index is 991. The van der Waals surface area contributed by atoms with Crippen molar-refractivity contribution in [1.82, 2.24) is 10.2 Å². The lowest BCUT2D eigenvalue weighted by atomic mass is 10.1. The van der Waals surface area contributed by atoms with Crippen LogP contribution in [-0.4, -0.2) is 23.5 Å². The van der Waals surface area contributed by atoms with Gasteiger partial charge in [0.05, 0.1) is 32.8 Å². The fourth-order valence-corrected chi connectivity index (χ4v) is 3.79. The number of nitro groups is 1. The maximum atomic E-state index is 12.6. The van der Waals surface area contributed by atoms with E-state index in [1.54, 1.807) is 18.2 Å². The highest BCUT2D eigenvalue weighted by atomic mass is 32.2. The average molecular weight is 331 g/mol. The molecular formula is C15H13N3O4S. The first-order chi connectivity index (χ1) is 10.9. The summed E-state index contributed by atoms with van der Waals surface area (Å²) in [5.74, 6) is -0.466. The molecule has 0 atom stereocenters. The molecule has 0 saturated heterocycles. The third-order valence-corrected chi connectivity index (χ3v) is 5.27. The molecule has 1 aromatic heterocycles. The summed E-state index contributed by atoms with van der Waals surface area (Å²) < 4.78 is 25.2. The Kier molecular flexibility index (Phi) is 3.61. The first-order valence-electron chi connectivity index (χ1n) is 6.77. The normalized spacial score (nSPS) is 11.7. The Labute approximate surface area is 132 Å². The fourth-order valence-electron chi connectivity index (χ4n) is 2.40. The van der Waals surface area contributed by atoms with E-state index in [0.29, 0.717) is 10.9 Å². The topological polar surface area (TPSA) is 106 Å². The van der Waals surface area contributed by atoms with Gasteiger partial charge in [0, 0.05) is 11.5 Å². The molecule has 2 aromatic carbocycles. The van der Waals surface area contributed by atoms with Gasteiger partial charge in [-0.05, 0) is 25.1 Å². The van der Waals surface area contributed by atoms with Gasteiger partial charge in [0.15, 0.2) is 9.84 Å². The summed E-state index contributed by atoms with van der Waals surface area (Å²) in [5, 5.41) is 18.3. The maximum absolute atomic E-state index is 12.6. The van der Waals surface area contributed by atoms with Crippen LogP contribution in [0, 0.1) is 17.0 Å². The highest BCUT2D eigenvalue weighted by Crippen LogP contribution is 2.30. The number of nitrogens with zero attached hydrogens (tertiary/aromatic N) is 2.